The Hall–Kier alpha value is -2.59. The molecule has 0 saturated carbocycles. The zero-order valence-electron chi connectivity index (χ0n) is 21.2. The summed E-state index contributed by atoms with van der Waals surface area (Å²) in [7, 11) is -1.55. The fourth-order valence-electron chi connectivity index (χ4n) is 4.80. The second-order valence-corrected chi connectivity index (χ2v) is 13.9. The molecule has 0 bridgehead atoms. The number of hydrogen-bond donors (Lipinski definition) is 2. The van der Waals surface area contributed by atoms with Crippen molar-refractivity contribution in [2.75, 3.05) is 30.5 Å². The Morgan fingerprint density at radius 2 is 1.81 bits per heavy atom. The Morgan fingerprint density at radius 1 is 1.11 bits per heavy atom. The summed E-state index contributed by atoms with van der Waals surface area (Å²) in [5.74, 6) is 1.04. The highest BCUT2D eigenvalue weighted by molar-refractivity contribution is 7.91. The molecule has 2 atom stereocenters. The molecule has 1 aliphatic heterocycles. The first-order valence-corrected chi connectivity index (χ1v) is 14.8. The van der Waals surface area contributed by atoms with E-state index in [-0.39, 0.29) is 35.3 Å². The van der Waals surface area contributed by atoms with E-state index >= 15 is 0 Å². The van der Waals surface area contributed by atoms with Crippen LogP contribution in [0.25, 0.3) is 0 Å². The predicted octanol–water partition coefficient (Wildman–Crippen LogP) is 3.84. The highest BCUT2D eigenvalue weighted by atomic mass is 32.2. The van der Waals surface area contributed by atoms with Gasteiger partial charge in [-0.3, -0.25) is 9.59 Å². The highest BCUT2D eigenvalue weighted by Gasteiger charge is 2.36. The third-order valence-corrected chi connectivity index (χ3v) is 9.90. The summed E-state index contributed by atoms with van der Waals surface area (Å²) in [6.07, 6.45) is 2.96. The van der Waals surface area contributed by atoms with Crippen LogP contribution in [0.5, 0.6) is 11.5 Å². The number of hydrogen-bond acceptors (Lipinski definition) is 7. The van der Waals surface area contributed by atoms with Crippen LogP contribution in [0.3, 0.4) is 0 Å². The van der Waals surface area contributed by atoms with Gasteiger partial charge in [-0.1, -0.05) is 20.8 Å². The van der Waals surface area contributed by atoms with Gasteiger partial charge in [0.25, 0.3) is 11.8 Å². The third-order valence-electron chi connectivity index (χ3n) is 6.97. The first kappa shape index (κ1) is 26.5. The largest absolute Gasteiger partial charge is 0.497 e. The molecule has 2 amide bonds. The quantitative estimate of drug-likeness (QED) is 0.558. The van der Waals surface area contributed by atoms with Crippen molar-refractivity contribution in [2.45, 2.75) is 52.5 Å². The molecule has 1 aromatic heterocycles. The van der Waals surface area contributed by atoms with E-state index in [2.05, 4.69) is 31.4 Å². The number of amides is 2. The molecular weight excluding hydrogens is 500 g/mol. The first-order valence-electron chi connectivity index (χ1n) is 12.2. The normalized spacial score (nSPS) is 20.9. The number of benzene rings is 1. The second kappa shape index (κ2) is 10.4. The van der Waals surface area contributed by atoms with E-state index in [1.54, 1.807) is 31.4 Å². The Kier molecular flexibility index (Phi) is 7.66. The number of rotatable bonds is 7. The summed E-state index contributed by atoms with van der Waals surface area (Å²) in [6, 6.07) is 6.52. The van der Waals surface area contributed by atoms with Gasteiger partial charge in [-0.15, -0.1) is 11.3 Å². The van der Waals surface area contributed by atoms with Crippen molar-refractivity contribution in [3.05, 3.63) is 40.3 Å². The van der Waals surface area contributed by atoms with Crippen molar-refractivity contribution in [1.82, 2.24) is 5.32 Å². The molecule has 8 nitrogen and oxygen atoms in total. The smallest absolute Gasteiger partial charge is 0.262 e. The van der Waals surface area contributed by atoms with Crippen molar-refractivity contribution < 1.29 is 27.5 Å². The molecule has 1 fully saturated rings. The number of methoxy groups -OCH3 is 1. The number of fused-ring (bicyclic) bond motifs is 1. The maximum atomic E-state index is 13.4. The molecule has 1 aliphatic carbocycles. The lowest BCUT2D eigenvalue weighted by atomic mass is 9.72. The standard InChI is InChI=1S/C26H34N2O6S2/c1-26(2,3)16-5-10-20-21(13-16)35-25(23(20)24(30)27-17-11-12-36(31,32)15-17)28-22(29)14-34-19-8-6-18(33-4)7-9-19/h6-9,16-17H,5,10-15H2,1-4H3,(H,27,30)(H,28,29). The van der Waals surface area contributed by atoms with Crippen LogP contribution in [-0.2, 0) is 27.5 Å². The van der Waals surface area contributed by atoms with Crippen molar-refractivity contribution in [2.24, 2.45) is 11.3 Å². The average Bonchev–Trinajstić information content (AvgIpc) is 3.35. The van der Waals surface area contributed by atoms with Crippen molar-refractivity contribution >= 4 is 38.0 Å². The van der Waals surface area contributed by atoms with E-state index in [4.69, 9.17) is 9.47 Å². The third kappa shape index (κ3) is 6.21. The van der Waals surface area contributed by atoms with Crippen LogP contribution in [0.2, 0.25) is 0 Å². The lowest BCUT2D eigenvalue weighted by Crippen LogP contribution is -2.36. The van der Waals surface area contributed by atoms with Crippen LogP contribution < -0.4 is 20.1 Å². The first-order chi connectivity index (χ1) is 16.9. The van der Waals surface area contributed by atoms with Gasteiger partial charge in [0, 0.05) is 10.9 Å². The Morgan fingerprint density at radius 3 is 2.42 bits per heavy atom. The topological polar surface area (TPSA) is 111 Å². The maximum Gasteiger partial charge on any atom is 0.262 e. The summed E-state index contributed by atoms with van der Waals surface area (Å²) >= 11 is 1.44. The van der Waals surface area contributed by atoms with E-state index in [0.29, 0.717) is 34.4 Å². The van der Waals surface area contributed by atoms with Gasteiger partial charge in [-0.2, -0.15) is 0 Å². The summed E-state index contributed by atoms with van der Waals surface area (Å²) in [5.41, 5.74) is 1.56. The number of thiophene rings is 1. The number of ether oxygens (including phenoxy) is 2. The number of carbonyl (C=O) groups excluding carboxylic acids is 2. The molecule has 0 radical (unpaired) electrons. The van der Waals surface area contributed by atoms with Crippen molar-refractivity contribution in [3.63, 3.8) is 0 Å². The zero-order valence-corrected chi connectivity index (χ0v) is 22.8. The molecule has 10 heteroatoms. The average molecular weight is 535 g/mol. The highest BCUT2D eigenvalue weighted by Crippen LogP contribution is 2.44. The van der Waals surface area contributed by atoms with Gasteiger partial charge in [-0.25, -0.2) is 8.42 Å². The van der Waals surface area contributed by atoms with Crippen LogP contribution in [0.4, 0.5) is 5.00 Å². The minimum atomic E-state index is -3.12. The van der Waals surface area contributed by atoms with Crippen LogP contribution in [0.1, 0.15) is 54.4 Å². The van der Waals surface area contributed by atoms with Crippen LogP contribution in [0.15, 0.2) is 24.3 Å². The van der Waals surface area contributed by atoms with Gasteiger partial charge in [0.1, 0.15) is 16.5 Å². The molecule has 1 aromatic carbocycles. The lowest BCUT2D eigenvalue weighted by Gasteiger charge is -2.33. The summed E-state index contributed by atoms with van der Waals surface area (Å²) in [4.78, 5) is 27.3. The molecule has 2 N–H and O–H groups in total. The van der Waals surface area contributed by atoms with E-state index in [9.17, 15) is 18.0 Å². The summed E-state index contributed by atoms with van der Waals surface area (Å²) in [5, 5.41) is 6.29. The number of anilines is 1. The SMILES string of the molecule is COc1ccc(OCC(=O)Nc2sc3c(c2C(=O)NC2CCS(=O)(=O)C2)CCC(C(C)(C)C)C3)cc1. The molecule has 2 heterocycles. The molecule has 0 spiro atoms. The number of carbonyl (C=O) groups is 2. The van der Waals surface area contributed by atoms with Gasteiger partial charge < -0.3 is 20.1 Å². The van der Waals surface area contributed by atoms with Gasteiger partial charge in [0.2, 0.25) is 0 Å². The summed E-state index contributed by atoms with van der Waals surface area (Å²) in [6.45, 7) is 6.47. The molecule has 2 aromatic rings. The zero-order chi connectivity index (χ0) is 26.1. The molecule has 2 aliphatic rings. The van der Waals surface area contributed by atoms with E-state index in [1.165, 1.54) is 11.3 Å². The Balaban J connectivity index is 1.52. The molecule has 2 unspecified atom stereocenters. The molecule has 36 heavy (non-hydrogen) atoms. The Labute approximate surface area is 216 Å². The van der Waals surface area contributed by atoms with Gasteiger partial charge >= 0.3 is 0 Å². The fourth-order valence-corrected chi connectivity index (χ4v) is 7.82. The van der Waals surface area contributed by atoms with Gasteiger partial charge in [-0.05, 0) is 66.8 Å². The lowest BCUT2D eigenvalue weighted by molar-refractivity contribution is -0.118. The number of sulfone groups is 1. The van der Waals surface area contributed by atoms with Crippen LogP contribution in [-0.4, -0.2) is 51.5 Å². The van der Waals surface area contributed by atoms with Crippen molar-refractivity contribution in [3.8, 4) is 11.5 Å². The minimum absolute atomic E-state index is 0.0471. The van der Waals surface area contributed by atoms with Gasteiger partial charge in [0.15, 0.2) is 16.4 Å². The minimum Gasteiger partial charge on any atom is -0.497 e. The molecule has 196 valence electrons. The van der Waals surface area contributed by atoms with Gasteiger partial charge in [0.05, 0.1) is 24.2 Å². The predicted molar refractivity (Wildman–Crippen MR) is 141 cm³/mol. The van der Waals surface area contributed by atoms with E-state index in [0.717, 1.165) is 29.7 Å². The molecular formula is C26H34N2O6S2. The maximum absolute atomic E-state index is 13.4. The molecule has 1 saturated heterocycles. The number of nitrogens with one attached hydrogen (secondary N) is 2. The summed E-state index contributed by atoms with van der Waals surface area (Å²) < 4.78 is 34.5. The fraction of sp³-hybridized carbons (Fsp3) is 0.538. The monoisotopic (exact) mass is 534 g/mol. The second-order valence-electron chi connectivity index (χ2n) is 10.6. The van der Waals surface area contributed by atoms with E-state index in [1.807, 2.05) is 0 Å². The van der Waals surface area contributed by atoms with E-state index < -0.39 is 15.9 Å². The molecule has 4 rings (SSSR count). The van der Waals surface area contributed by atoms with Crippen LogP contribution >= 0.6 is 11.3 Å². The Bertz CT molecular complexity index is 1230. The van der Waals surface area contributed by atoms with Crippen LogP contribution in [0, 0.1) is 11.3 Å². The van der Waals surface area contributed by atoms with Crippen molar-refractivity contribution in [1.29, 1.82) is 0 Å².